The third kappa shape index (κ3) is 1.08. The highest BCUT2D eigenvalue weighted by Gasteiger charge is 2.62. The Morgan fingerprint density at radius 2 is 1.93 bits per heavy atom. The van der Waals surface area contributed by atoms with Crippen LogP contribution in [0.2, 0.25) is 0 Å². The van der Waals surface area contributed by atoms with Gasteiger partial charge >= 0.3 is 0 Å². The van der Waals surface area contributed by atoms with Crippen molar-refractivity contribution in [3.63, 3.8) is 0 Å². The van der Waals surface area contributed by atoms with Crippen molar-refractivity contribution in [1.82, 2.24) is 9.97 Å². The standard InChI is InChI=1S/C11H17N3/c1-8-9(14-5-4-13-8)11(7-12)6-10(11,2)3/h4-5H,6-7,12H2,1-3H3. The lowest BCUT2D eigenvalue weighted by molar-refractivity contribution is 0.488. The van der Waals surface area contributed by atoms with Crippen LogP contribution in [0.3, 0.4) is 0 Å². The number of hydrogen-bond donors (Lipinski definition) is 1. The van der Waals surface area contributed by atoms with Gasteiger partial charge in [0.15, 0.2) is 0 Å². The molecule has 1 aliphatic rings. The SMILES string of the molecule is Cc1nccnc1C1(CN)CC1(C)C. The monoisotopic (exact) mass is 191 g/mol. The second kappa shape index (κ2) is 2.76. The number of aryl methyl sites for hydroxylation is 1. The van der Waals surface area contributed by atoms with E-state index in [2.05, 4.69) is 23.8 Å². The molecule has 1 fully saturated rings. The number of hydrogen-bond acceptors (Lipinski definition) is 3. The minimum absolute atomic E-state index is 0.0747. The van der Waals surface area contributed by atoms with Crippen LogP contribution in [-0.4, -0.2) is 16.5 Å². The minimum Gasteiger partial charge on any atom is -0.330 e. The fourth-order valence-corrected chi connectivity index (χ4v) is 2.44. The number of rotatable bonds is 2. The molecule has 0 bridgehead atoms. The lowest BCUT2D eigenvalue weighted by atomic mass is 9.91. The number of nitrogens with two attached hydrogens (primary N) is 1. The van der Waals surface area contributed by atoms with E-state index in [0.717, 1.165) is 17.8 Å². The molecule has 14 heavy (non-hydrogen) atoms. The Bertz CT molecular complexity index is 359. The van der Waals surface area contributed by atoms with Crippen LogP contribution in [0.1, 0.15) is 31.7 Å². The van der Waals surface area contributed by atoms with Crippen molar-refractivity contribution in [3.05, 3.63) is 23.8 Å². The maximum Gasteiger partial charge on any atom is 0.0695 e. The fraction of sp³-hybridized carbons (Fsp3) is 0.636. The van der Waals surface area contributed by atoms with E-state index in [0.29, 0.717) is 6.54 Å². The van der Waals surface area contributed by atoms with Crippen LogP contribution in [0.25, 0.3) is 0 Å². The summed E-state index contributed by atoms with van der Waals surface area (Å²) in [5, 5.41) is 0. The average molecular weight is 191 g/mol. The Morgan fingerprint density at radius 3 is 2.36 bits per heavy atom. The van der Waals surface area contributed by atoms with Crippen molar-refractivity contribution < 1.29 is 0 Å². The summed E-state index contributed by atoms with van der Waals surface area (Å²) in [6.45, 7) is 7.16. The highest BCUT2D eigenvalue weighted by atomic mass is 14.9. The third-order valence-electron chi connectivity index (χ3n) is 3.60. The molecular formula is C11H17N3. The van der Waals surface area contributed by atoms with Gasteiger partial charge in [0.1, 0.15) is 0 Å². The van der Waals surface area contributed by atoms with Gasteiger partial charge in [-0.05, 0) is 18.8 Å². The predicted octanol–water partition coefficient (Wildman–Crippen LogP) is 1.41. The first kappa shape index (κ1) is 9.59. The highest BCUT2D eigenvalue weighted by molar-refractivity contribution is 5.34. The van der Waals surface area contributed by atoms with E-state index in [1.807, 2.05) is 6.92 Å². The van der Waals surface area contributed by atoms with E-state index >= 15 is 0 Å². The zero-order valence-corrected chi connectivity index (χ0v) is 9.04. The van der Waals surface area contributed by atoms with Crippen LogP contribution in [-0.2, 0) is 5.41 Å². The summed E-state index contributed by atoms with van der Waals surface area (Å²) in [4.78, 5) is 8.72. The average Bonchev–Trinajstić information content (AvgIpc) is 2.70. The van der Waals surface area contributed by atoms with E-state index in [1.54, 1.807) is 12.4 Å². The largest absolute Gasteiger partial charge is 0.330 e. The Kier molecular flexibility index (Phi) is 1.89. The molecule has 3 heteroatoms. The summed E-state index contributed by atoms with van der Waals surface area (Å²) < 4.78 is 0. The summed E-state index contributed by atoms with van der Waals surface area (Å²) in [7, 11) is 0. The first-order valence-corrected chi connectivity index (χ1v) is 5.02. The van der Waals surface area contributed by atoms with E-state index in [9.17, 15) is 0 Å². The molecule has 0 amide bonds. The topological polar surface area (TPSA) is 51.8 Å². The molecule has 0 saturated heterocycles. The van der Waals surface area contributed by atoms with Crippen LogP contribution in [0.15, 0.2) is 12.4 Å². The molecule has 1 aromatic rings. The van der Waals surface area contributed by atoms with Crippen molar-refractivity contribution in [3.8, 4) is 0 Å². The Hall–Kier alpha value is -0.960. The Balaban J connectivity index is 2.46. The second-order valence-corrected chi connectivity index (χ2v) is 4.84. The third-order valence-corrected chi connectivity index (χ3v) is 3.60. The number of aromatic nitrogens is 2. The van der Waals surface area contributed by atoms with Gasteiger partial charge in [-0.2, -0.15) is 0 Å². The van der Waals surface area contributed by atoms with Crippen LogP contribution in [0.5, 0.6) is 0 Å². The van der Waals surface area contributed by atoms with Crippen LogP contribution >= 0.6 is 0 Å². The molecule has 2 rings (SSSR count). The zero-order valence-electron chi connectivity index (χ0n) is 9.04. The van der Waals surface area contributed by atoms with Gasteiger partial charge in [-0.3, -0.25) is 9.97 Å². The van der Waals surface area contributed by atoms with Crippen LogP contribution in [0.4, 0.5) is 0 Å². The Morgan fingerprint density at radius 1 is 1.36 bits per heavy atom. The summed E-state index contributed by atoms with van der Waals surface area (Å²) in [6, 6.07) is 0. The minimum atomic E-state index is 0.0747. The van der Waals surface area contributed by atoms with Crippen molar-refractivity contribution in [2.75, 3.05) is 6.54 Å². The van der Waals surface area contributed by atoms with E-state index in [4.69, 9.17) is 5.73 Å². The van der Waals surface area contributed by atoms with E-state index in [1.165, 1.54) is 0 Å². The van der Waals surface area contributed by atoms with Crippen molar-refractivity contribution in [2.24, 2.45) is 11.1 Å². The molecule has 1 unspecified atom stereocenters. The van der Waals surface area contributed by atoms with Crippen molar-refractivity contribution in [1.29, 1.82) is 0 Å². The normalized spacial score (nSPS) is 28.9. The molecule has 0 spiro atoms. The van der Waals surface area contributed by atoms with Gasteiger partial charge in [0.05, 0.1) is 11.4 Å². The lowest BCUT2D eigenvalue weighted by Crippen LogP contribution is -2.27. The lowest BCUT2D eigenvalue weighted by Gasteiger charge is -2.18. The van der Waals surface area contributed by atoms with Crippen molar-refractivity contribution in [2.45, 2.75) is 32.6 Å². The molecule has 0 aromatic carbocycles. The molecule has 3 nitrogen and oxygen atoms in total. The molecule has 1 aromatic heterocycles. The molecule has 0 radical (unpaired) electrons. The summed E-state index contributed by atoms with van der Waals surface area (Å²) in [5.41, 5.74) is 8.34. The van der Waals surface area contributed by atoms with Gasteiger partial charge in [-0.1, -0.05) is 13.8 Å². The summed E-state index contributed by atoms with van der Waals surface area (Å²) >= 11 is 0. The van der Waals surface area contributed by atoms with Gasteiger partial charge in [0.2, 0.25) is 0 Å². The van der Waals surface area contributed by atoms with Gasteiger partial charge in [-0.25, -0.2) is 0 Å². The van der Waals surface area contributed by atoms with Crippen molar-refractivity contribution >= 4 is 0 Å². The Labute approximate surface area is 84.8 Å². The summed E-state index contributed by atoms with van der Waals surface area (Å²) in [5.74, 6) is 0. The first-order chi connectivity index (χ1) is 6.53. The molecule has 76 valence electrons. The molecule has 1 saturated carbocycles. The second-order valence-electron chi connectivity index (χ2n) is 4.84. The van der Waals surface area contributed by atoms with Gasteiger partial charge in [-0.15, -0.1) is 0 Å². The van der Waals surface area contributed by atoms with Crippen LogP contribution < -0.4 is 5.73 Å². The quantitative estimate of drug-likeness (QED) is 0.769. The molecular weight excluding hydrogens is 174 g/mol. The highest BCUT2D eigenvalue weighted by Crippen LogP contribution is 2.63. The van der Waals surface area contributed by atoms with Gasteiger partial charge < -0.3 is 5.73 Å². The molecule has 1 atom stereocenters. The van der Waals surface area contributed by atoms with E-state index < -0.39 is 0 Å². The first-order valence-electron chi connectivity index (χ1n) is 5.02. The summed E-state index contributed by atoms with van der Waals surface area (Å²) in [6.07, 6.45) is 4.61. The smallest absolute Gasteiger partial charge is 0.0695 e. The fourth-order valence-electron chi connectivity index (χ4n) is 2.44. The van der Waals surface area contributed by atoms with Gasteiger partial charge in [0, 0.05) is 24.4 Å². The molecule has 2 N–H and O–H groups in total. The molecule has 0 aliphatic heterocycles. The maximum absolute atomic E-state index is 5.88. The number of nitrogens with zero attached hydrogens (tertiary/aromatic N) is 2. The molecule has 1 heterocycles. The predicted molar refractivity (Wildman–Crippen MR) is 55.9 cm³/mol. The molecule has 1 aliphatic carbocycles. The van der Waals surface area contributed by atoms with Gasteiger partial charge in [0.25, 0.3) is 0 Å². The maximum atomic E-state index is 5.88. The van der Waals surface area contributed by atoms with E-state index in [-0.39, 0.29) is 10.8 Å². The van der Waals surface area contributed by atoms with Crippen LogP contribution in [0, 0.1) is 12.3 Å². The zero-order chi connectivity index (χ0) is 10.4.